The van der Waals surface area contributed by atoms with E-state index in [0.29, 0.717) is 12.3 Å². The first-order valence-electron chi connectivity index (χ1n) is 7.30. The molecule has 1 fully saturated rings. The summed E-state index contributed by atoms with van der Waals surface area (Å²) in [7, 11) is -3.95. The number of rotatable bonds is 5. The van der Waals surface area contributed by atoms with Crippen LogP contribution in [0.2, 0.25) is 0 Å². The van der Waals surface area contributed by atoms with Crippen LogP contribution in [0.3, 0.4) is 0 Å². The summed E-state index contributed by atoms with van der Waals surface area (Å²) >= 11 is 0. The molecule has 24 heavy (non-hydrogen) atoms. The van der Waals surface area contributed by atoms with Crippen LogP contribution in [0.25, 0.3) is 0 Å². The number of benzene rings is 1. The first-order chi connectivity index (χ1) is 11.5. The molecule has 1 aromatic heterocycles. The van der Waals surface area contributed by atoms with Crippen LogP contribution in [0.15, 0.2) is 53.6 Å². The number of nitro groups is 1. The van der Waals surface area contributed by atoms with E-state index in [4.69, 9.17) is 4.74 Å². The zero-order valence-corrected chi connectivity index (χ0v) is 13.4. The number of nitrogens with zero attached hydrogens (tertiary/aromatic N) is 3. The van der Waals surface area contributed by atoms with Gasteiger partial charge in [-0.25, -0.2) is 13.4 Å². The van der Waals surface area contributed by atoms with Crippen molar-refractivity contribution in [2.45, 2.75) is 17.4 Å². The van der Waals surface area contributed by atoms with Gasteiger partial charge in [-0.05, 0) is 18.6 Å². The molecule has 0 amide bonds. The van der Waals surface area contributed by atoms with Crippen molar-refractivity contribution in [1.82, 2.24) is 9.29 Å². The second kappa shape index (κ2) is 6.54. The van der Waals surface area contributed by atoms with E-state index in [1.807, 2.05) is 0 Å². The van der Waals surface area contributed by atoms with E-state index in [2.05, 4.69) is 4.98 Å². The van der Waals surface area contributed by atoms with Gasteiger partial charge < -0.3 is 4.74 Å². The third-order valence-corrected chi connectivity index (χ3v) is 5.63. The Labute approximate surface area is 138 Å². The first-order valence-corrected chi connectivity index (χ1v) is 8.74. The van der Waals surface area contributed by atoms with Crippen molar-refractivity contribution in [3.8, 4) is 5.88 Å². The fourth-order valence-corrected chi connectivity index (χ4v) is 4.21. The quantitative estimate of drug-likeness (QED) is 0.603. The van der Waals surface area contributed by atoms with Crippen molar-refractivity contribution in [3.63, 3.8) is 0 Å². The lowest BCUT2D eigenvalue weighted by Gasteiger charge is -2.17. The van der Waals surface area contributed by atoms with Gasteiger partial charge in [-0.2, -0.15) is 4.31 Å². The highest BCUT2D eigenvalue weighted by atomic mass is 32.2. The Bertz CT molecular complexity index is 841. The summed E-state index contributed by atoms with van der Waals surface area (Å²) in [6, 6.07) is 10.6. The maximum atomic E-state index is 12.7. The zero-order chi connectivity index (χ0) is 17.2. The number of nitro benzene ring substituents is 1. The van der Waals surface area contributed by atoms with Gasteiger partial charge in [0.2, 0.25) is 15.9 Å². The van der Waals surface area contributed by atoms with Crippen molar-refractivity contribution in [1.29, 1.82) is 0 Å². The molecular weight excluding hydrogens is 334 g/mol. The van der Waals surface area contributed by atoms with Gasteiger partial charge in [-0.15, -0.1) is 0 Å². The van der Waals surface area contributed by atoms with E-state index in [-0.39, 0.29) is 24.1 Å². The molecule has 2 aromatic rings. The normalized spacial score (nSPS) is 18.4. The van der Waals surface area contributed by atoms with E-state index in [1.54, 1.807) is 24.4 Å². The molecule has 0 spiro atoms. The fourth-order valence-electron chi connectivity index (χ4n) is 2.56. The topological polar surface area (TPSA) is 103 Å². The Morgan fingerprint density at radius 3 is 2.67 bits per heavy atom. The van der Waals surface area contributed by atoms with Crippen molar-refractivity contribution in [3.05, 3.63) is 58.8 Å². The molecule has 2 heterocycles. The predicted octanol–water partition coefficient (Wildman–Crippen LogP) is 1.83. The van der Waals surface area contributed by atoms with Crippen LogP contribution >= 0.6 is 0 Å². The molecule has 0 aliphatic carbocycles. The summed E-state index contributed by atoms with van der Waals surface area (Å²) in [5.41, 5.74) is -0.424. The SMILES string of the molecule is O=[N+]([O-])c1ccccc1S(=O)(=O)N1CCC(Oc2ccccn2)C1. The minimum atomic E-state index is -3.95. The molecule has 3 rings (SSSR count). The van der Waals surface area contributed by atoms with Gasteiger partial charge in [0, 0.05) is 24.9 Å². The Hall–Kier alpha value is -2.52. The lowest BCUT2D eigenvalue weighted by molar-refractivity contribution is -0.387. The van der Waals surface area contributed by atoms with Crippen LogP contribution in [0.5, 0.6) is 5.88 Å². The first kappa shape index (κ1) is 16.3. The van der Waals surface area contributed by atoms with Crippen LogP contribution in [-0.4, -0.2) is 41.8 Å². The Balaban J connectivity index is 1.79. The number of pyridine rings is 1. The molecule has 1 aromatic carbocycles. The van der Waals surface area contributed by atoms with Crippen LogP contribution < -0.4 is 4.74 Å². The molecule has 1 unspecified atom stereocenters. The molecule has 0 N–H and O–H groups in total. The molecule has 126 valence electrons. The van der Waals surface area contributed by atoms with Gasteiger partial charge in [0.25, 0.3) is 5.69 Å². The number of hydrogen-bond donors (Lipinski definition) is 0. The highest BCUT2D eigenvalue weighted by molar-refractivity contribution is 7.89. The maximum Gasteiger partial charge on any atom is 0.289 e. The minimum Gasteiger partial charge on any atom is -0.473 e. The second-order valence-electron chi connectivity index (χ2n) is 5.28. The van der Waals surface area contributed by atoms with Crippen molar-refractivity contribution in [2.24, 2.45) is 0 Å². The standard InChI is InChI=1S/C15H15N3O5S/c19-18(20)13-5-1-2-6-14(13)24(21,22)17-10-8-12(11-17)23-15-7-3-4-9-16-15/h1-7,9,12H,8,10-11H2. The van der Waals surface area contributed by atoms with Gasteiger partial charge in [0.1, 0.15) is 6.10 Å². The minimum absolute atomic E-state index is 0.130. The largest absolute Gasteiger partial charge is 0.473 e. The molecule has 8 nitrogen and oxygen atoms in total. The number of sulfonamides is 1. The number of aromatic nitrogens is 1. The van der Waals surface area contributed by atoms with Crippen LogP contribution in [0, 0.1) is 10.1 Å². The van der Waals surface area contributed by atoms with E-state index in [9.17, 15) is 18.5 Å². The summed E-state index contributed by atoms with van der Waals surface area (Å²) in [6.45, 7) is 0.372. The molecule has 9 heteroatoms. The summed E-state index contributed by atoms with van der Waals surface area (Å²) in [5.74, 6) is 0.424. The molecule has 0 radical (unpaired) electrons. The van der Waals surface area contributed by atoms with Gasteiger partial charge in [0.15, 0.2) is 4.90 Å². The van der Waals surface area contributed by atoms with Crippen LogP contribution in [0.4, 0.5) is 5.69 Å². The lowest BCUT2D eigenvalue weighted by Crippen LogP contribution is -2.31. The Morgan fingerprint density at radius 1 is 1.21 bits per heavy atom. The average Bonchev–Trinajstić information content (AvgIpc) is 3.05. The third-order valence-electron chi connectivity index (χ3n) is 3.71. The molecule has 1 saturated heterocycles. The highest BCUT2D eigenvalue weighted by Gasteiger charge is 2.37. The van der Waals surface area contributed by atoms with Gasteiger partial charge in [-0.3, -0.25) is 10.1 Å². The lowest BCUT2D eigenvalue weighted by atomic mass is 10.3. The third kappa shape index (κ3) is 3.22. The summed E-state index contributed by atoms with van der Waals surface area (Å²) in [4.78, 5) is 14.1. The monoisotopic (exact) mass is 349 g/mol. The molecule has 1 atom stereocenters. The van der Waals surface area contributed by atoms with Crippen molar-refractivity contribution in [2.75, 3.05) is 13.1 Å². The van der Waals surface area contributed by atoms with E-state index in [1.165, 1.54) is 28.6 Å². The smallest absolute Gasteiger partial charge is 0.289 e. The Morgan fingerprint density at radius 2 is 1.96 bits per heavy atom. The average molecular weight is 349 g/mol. The molecular formula is C15H15N3O5S. The van der Waals surface area contributed by atoms with E-state index >= 15 is 0 Å². The molecule has 0 saturated carbocycles. The van der Waals surface area contributed by atoms with E-state index in [0.717, 1.165) is 0 Å². The maximum absolute atomic E-state index is 12.7. The van der Waals surface area contributed by atoms with Crippen LogP contribution in [-0.2, 0) is 10.0 Å². The molecule has 1 aliphatic heterocycles. The van der Waals surface area contributed by atoms with Gasteiger partial charge >= 0.3 is 0 Å². The highest BCUT2D eigenvalue weighted by Crippen LogP contribution is 2.29. The van der Waals surface area contributed by atoms with E-state index < -0.39 is 20.6 Å². The number of para-hydroxylation sites is 1. The van der Waals surface area contributed by atoms with Crippen LogP contribution in [0.1, 0.15) is 6.42 Å². The zero-order valence-electron chi connectivity index (χ0n) is 12.6. The van der Waals surface area contributed by atoms with Crippen molar-refractivity contribution >= 4 is 15.7 Å². The fraction of sp³-hybridized carbons (Fsp3) is 0.267. The predicted molar refractivity (Wildman–Crippen MR) is 85.1 cm³/mol. The number of hydrogen-bond acceptors (Lipinski definition) is 6. The Kier molecular flexibility index (Phi) is 4.45. The van der Waals surface area contributed by atoms with Crippen molar-refractivity contribution < 1.29 is 18.1 Å². The summed E-state index contributed by atoms with van der Waals surface area (Å²) in [5, 5.41) is 11.1. The number of ether oxygens (including phenoxy) is 1. The summed E-state index contributed by atoms with van der Waals surface area (Å²) in [6.07, 6.45) is 1.75. The van der Waals surface area contributed by atoms with Gasteiger partial charge in [0.05, 0.1) is 11.5 Å². The van der Waals surface area contributed by atoms with Gasteiger partial charge in [-0.1, -0.05) is 18.2 Å². The second-order valence-corrected chi connectivity index (χ2v) is 7.19. The summed E-state index contributed by atoms with van der Waals surface area (Å²) < 4.78 is 32.3. The molecule has 1 aliphatic rings. The molecule has 0 bridgehead atoms.